The fraction of sp³-hybridized carbons (Fsp3) is 0.588. The molecule has 2 atom stereocenters. The van der Waals surface area contributed by atoms with Crippen molar-refractivity contribution in [3.8, 4) is 0 Å². The normalized spacial score (nSPS) is 28.8. The molecule has 2 fully saturated rings. The van der Waals surface area contributed by atoms with Gasteiger partial charge in [0.2, 0.25) is 0 Å². The summed E-state index contributed by atoms with van der Waals surface area (Å²) in [5.41, 5.74) is 0.688. The van der Waals surface area contributed by atoms with Crippen molar-refractivity contribution in [2.75, 3.05) is 6.61 Å². The Morgan fingerprint density at radius 1 is 1.31 bits per heavy atom. The van der Waals surface area contributed by atoms with Gasteiger partial charge in [-0.1, -0.05) is 11.6 Å². The molecule has 2 aliphatic rings. The third-order valence-corrected chi connectivity index (χ3v) is 7.17. The van der Waals surface area contributed by atoms with Crippen LogP contribution < -0.4 is 5.59 Å². The van der Waals surface area contributed by atoms with Crippen molar-refractivity contribution in [1.29, 1.82) is 0 Å². The van der Waals surface area contributed by atoms with Crippen LogP contribution in [0.25, 0.3) is 10.9 Å². The van der Waals surface area contributed by atoms with E-state index in [1.54, 1.807) is 10.7 Å². The summed E-state index contributed by atoms with van der Waals surface area (Å²) >= 11 is 8.55. The summed E-state index contributed by atoms with van der Waals surface area (Å²) in [7, 11) is -0.724. The average Bonchev–Trinajstić information content (AvgIpc) is 3.07. The summed E-state index contributed by atoms with van der Waals surface area (Å²) in [4.78, 5) is 0. The lowest BCUT2D eigenvalue weighted by Gasteiger charge is -2.30. The Morgan fingerprint density at radius 2 is 2.08 bits per heavy atom. The molecule has 2 aromatic rings. The first-order chi connectivity index (χ1) is 12.2. The van der Waals surface area contributed by atoms with E-state index in [-0.39, 0.29) is 11.3 Å². The largest absolute Gasteiger partial charge is 0.517 e. The molecule has 0 radical (unpaired) electrons. The molecule has 0 bridgehead atoms. The number of ether oxygens (including phenoxy) is 1. The van der Waals surface area contributed by atoms with Gasteiger partial charge in [0, 0.05) is 12.0 Å². The SMILES string of the molecule is CC1(C)OB(c2nn(C3CCCCO3)c3ccc(F)c(Cl)c23)OC1(C)I. The first-order valence-electron chi connectivity index (χ1n) is 8.73. The van der Waals surface area contributed by atoms with Crippen molar-refractivity contribution in [3.63, 3.8) is 0 Å². The Kier molecular flexibility index (Phi) is 4.79. The van der Waals surface area contributed by atoms with Crippen molar-refractivity contribution in [2.45, 2.75) is 55.5 Å². The molecule has 26 heavy (non-hydrogen) atoms. The molecular formula is C17H20BClFIN2O3. The van der Waals surface area contributed by atoms with Gasteiger partial charge in [-0.15, -0.1) is 0 Å². The molecular weight excluding hydrogens is 472 g/mol. The van der Waals surface area contributed by atoms with Crippen LogP contribution in [0.3, 0.4) is 0 Å². The molecule has 9 heteroatoms. The Labute approximate surface area is 170 Å². The monoisotopic (exact) mass is 492 g/mol. The van der Waals surface area contributed by atoms with E-state index < -0.39 is 22.1 Å². The van der Waals surface area contributed by atoms with Crippen molar-refractivity contribution in [2.24, 2.45) is 0 Å². The van der Waals surface area contributed by atoms with Crippen LogP contribution in [0.4, 0.5) is 4.39 Å². The molecule has 2 saturated heterocycles. The fourth-order valence-electron chi connectivity index (χ4n) is 3.35. The number of fused-ring (bicyclic) bond motifs is 1. The number of hydrogen-bond donors (Lipinski definition) is 0. The van der Waals surface area contributed by atoms with Gasteiger partial charge in [0.05, 0.1) is 16.1 Å². The van der Waals surface area contributed by atoms with Gasteiger partial charge in [0.15, 0.2) is 6.23 Å². The predicted molar refractivity (Wildman–Crippen MR) is 108 cm³/mol. The van der Waals surface area contributed by atoms with E-state index in [1.165, 1.54) is 6.07 Å². The smallest absolute Gasteiger partial charge is 0.397 e. The zero-order chi connectivity index (χ0) is 18.7. The second-order valence-electron chi connectivity index (χ2n) is 7.40. The maximum absolute atomic E-state index is 14.2. The maximum atomic E-state index is 14.2. The quantitative estimate of drug-likeness (QED) is 0.358. The van der Waals surface area contributed by atoms with Gasteiger partial charge in [-0.25, -0.2) is 9.07 Å². The lowest BCUT2D eigenvalue weighted by Crippen LogP contribution is -2.38. The molecule has 1 aromatic heterocycles. The van der Waals surface area contributed by atoms with Crippen LogP contribution in [0.1, 0.15) is 46.3 Å². The zero-order valence-electron chi connectivity index (χ0n) is 14.9. The molecule has 140 valence electrons. The van der Waals surface area contributed by atoms with E-state index in [2.05, 4.69) is 22.6 Å². The Balaban J connectivity index is 1.85. The van der Waals surface area contributed by atoms with Crippen molar-refractivity contribution in [1.82, 2.24) is 9.78 Å². The Bertz CT molecular complexity index is 838. The van der Waals surface area contributed by atoms with Crippen LogP contribution in [-0.4, -0.2) is 32.7 Å². The summed E-state index contributed by atoms with van der Waals surface area (Å²) in [6.07, 6.45) is 2.76. The van der Waals surface area contributed by atoms with Gasteiger partial charge in [-0.05, 0) is 74.8 Å². The summed E-state index contributed by atoms with van der Waals surface area (Å²) in [6.45, 7) is 6.57. The second kappa shape index (κ2) is 6.58. The molecule has 0 saturated carbocycles. The molecule has 2 aliphatic heterocycles. The van der Waals surface area contributed by atoms with E-state index in [9.17, 15) is 4.39 Å². The minimum Gasteiger partial charge on any atom is -0.397 e. The van der Waals surface area contributed by atoms with Crippen LogP contribution in [0.2, 0.25) is 5.02 Å². The molecule has 3 heterocycles. The van der Waals surface area contributed by atoms with Crippen LogP contribution in [-0.2, 0) is 14.0 Å². The van der Waals surface area contributed by atoms with Gasteiger partial charge < -0.3 is 14.0 Å². The van der Waals surface area contributed by atoms with E-state index in [4.69, 9.17) is 30.7 Å². The predicted octanol–water partition coefficient (Wildman–Crippen LogP) is 4.20. The number of hydrogen-bond acceptors (Lipinski definition) is 4. The summed E-state index contributed by atoms with van der Waals surface area (Å²) in [6, 6.07) is 3.05. The molecule has 0 N–H and O–H groups in total. The lowest BCUT2D eigenvalue weighted by atomic mass is 9.82. The average molecular weight is 493 g/mol. The number of benzene rings is 1. The maximum Gasteiger partial charge on any atom is 0.517 e. The molecule has 0 amide bonds. The molecule has 0 spiro atoms. The summed E-state index contributed by atoms with van der Waals surface area (Å²) in [5.74, 6) is -0.487. The molecule has 0 aliphatic carbocycles. The first-order valence-corrected chi connectivity index (χ1v) is 10.2. The van der Waals surface area contributed by atoms with Crippen LogP contribution in [0.15, 0.2) is 12.1 Å². The van der Waals surface area contributed by atoms with Gasteiger partial charge in [-0.3, -0.25) is 0 Å². The van der Waals surface area contributed by atoms with E-state index in [0.717, 1.165) is 24.8 Å². The summed E-state index contributed by atoms with van der Waals surface area (Å²) < 4.78 is 33.6. The highest BCUT2D eigenvalue weighted by molar-refractivity contribution is 14.1. The van der Waals surface area contributed by atoms with E-state index in [1.807, 2.05) is 20.8 Å². The molecule has 5 nitrogen and oxygen atoms in total. The topological polar surface area (TPSA) is 45.5 Å². The highest BCUT2D eigenvalue weighted by atomic mass is 127. The highest BCUT2D eigenvalue weighted by Gasteiger charge is 2.55. The van der Waals surface area contributed by atoms with Crippen molar-refractivity contribution < 1.29 is 18.4 Å². The number of alkyl halides is 1. The molecule has 1 aromatic carbocycles. The minimum atomic E-state index is -0.724. The number of rotatable bonds is 2. The Hall–Kier alpha value is -0.415. The van der Waals surface area contributed by atoms with Crippen molar-refractivity contribution in [3.05, 3.63) is 23.0 Å². The molecule has 2 unspecified atom stereocenters. The number of aromatic nitrogens is 2. The Morgan fingerprint density at radius 3 is 2.69 bits per heavy atom. The molecule has 4 rings (SSSR count). The van der Waals surface area contributed by atoms with E-state index in [0.29, 0.717) is 17.6 Å². The van der Waals surface area contributed by atoms with Crippen molar-refractivity contribution >= 4 is 57.8 Å². The third-order valence-electron chi connectivity index (χ3n) is 5.25. The lowest BCUT2D eigenvalue weighted by molar-refractivity contribution is -0.0364. The van der Waals surface area contributed by atoms with E-state index >= 15 is 0 Å². The van der Waals surface area contributed by atoms with Gasteiger partial charge in [0.25, 0.3) is 0 Å². The number of nitrogens with zero attached hydrogens (tertiary/aromatic N) is 2. The highest BCUT2D eigenvalue weighted by Crippen LogP contribution is 2.43. The standard InChI is InChI=1S/C17H20BClFIN2O3/c1-16(2)17(3,21)26-18(25-16)15-13-11(8-7-10(20)14(13)19)23(22-15)12-6-4-5-9-24-12/h7-8,12H,4-6,9H2,1-3H3. The van der Waals surface area contributed by atoms with Gasteiger partial charge in [-0.2, -0.15) is 5.10 Å². The van der Waals surface area contributed by atoms with Crippen LogP contribution in [0.5, 0.6) is 0 Å². The summed E-state index contributed by atoms with van der Waals surface area (Å²) in [5, 5.41) is 5.27. The van der Waals surface area contributed by atoms with Gasteiger partial charge >= 0.3 is 7.12 Å². The second-order valence-corrected chi connectivity index (χ2v) is 9.84. The third kappa shape index (κ3) is 2.98. The van der Waals surface area contributed by atoms with Crippen LogP contribution in [0, 0.1) is 5.82 Å². The fourth-order valence-corrected chi connectivity index (χ4v) is 3.96. The zero-order valence-corrected chi connectivity index (χ0v) is 17.8. The van der Waals surface area contributed by atoms with Gasteiger partial charge in [0.1, 0.15) is 15.0 Å². The minimum absolute atomic E-state index is 0.0339. The first kappa shape index (κ1) is 18.9. The number of halogens is 3. The van der Waals surface area contributed by atoms with Crippen LogP contribution >= 0.6 is 34.2 Å².